The molecule has 0 aromatic carbocycles. The van der Waals surface area contributed by atoms with Crippen molar-refractivity contribution in [2.75, 3.05) is 18.5 Å². The van der Waals surface area contributed by atoms with Crippen LogP contribution in [0.2, 0.25) is 0 Å². The first-order chi connectivity index (χ1) is 7.78. The zero-order valence-corrected chi connectivity index (χ0v) is 10.8. The van der Waals surface area contributed by atoms with Crippen LogP contribution in [0.5, 0.6) is 0 Å². The van der Waals surface area contributed by atoms with Gasteiger partial charge in [0.25, 0.3) is 0 Å². The van der Waals surface area contributed by atoms with Gasteiger partial charge in [0.05, 0.1) is 0 Å². The van der Waals surface area contributed by atoms with Crippen molar-refractivity contribution >= 4 is 16.5 Å². The summed E-state index contributed by atoms with van der Waals surface area (Å²) < 4.78 is 0. The minimum absolute atomic E-state index is 0.422. The summed E-state index contributed by atoms with van der Waals surface area (Å²) in [5, 5.41) is 4.51. The Labute approximate surface area is 101 Å². The Kier molecular flexibility index (Phi) is 2.64. The Bertz CT molecular complexity index is 376. The fourth-order valence-electron chi connectivity index (χ4n) is 2.91. The molecule has 1 aromatic heterocycles. The van der Waals surface area contributed by atoms with E-state index in [1.807, 2.05) is 24.6 Å². The molecule has 88 valence electrons. The summed E-state index contributed by atoms with van der Waals surface area (Å²) in [5.41, 5.74) is 0. The van der Waals surface area contributed by atoms with Crippen LogP contribution < -0.4 is 10.2 Å². The molecule has 1 saturated heterocycles. The Morgan fingerprint density at radius 1 is 1.56 bits per heavy atom. The minimum atomic E-state index is 0.422. The van der Waals surface area contributed by atoms with Crippen LogP contribution in [-0.2, 0) is 0 Å². The first-order valence-electron chi connectivity index (χ1n) is 6.17. The van der Waals surface area contributed by atoms with E-state index in [-0.39, 0.29) is 0 Å². The number of nitrogens with one attached hydrogen (secondary N) is 1. The van der Waals surface area contributed by atoms with Gasteiger partial charge >= 0.3 is 0 Å². The molecule has 2 aliphatic rings. The molecule has 3 unspecified atom stereocenters. The topological polar surface area (TPSA) is 28.2 Å². The van der Waals surface area contributed by atoms with E-state index in [9.17, 15) is 0 Å². The van der Waals surface area contributed by atoms with Gasteiger partial charge in [-0.2, -0.15) is 0 Å². The van der Waals surface area contributed by atoms with Crippen LogP contribution in [0.1, 0.15) is 37.1 Å². The fourth-order valence-corrected chi connectivity index (χ4v) is 3.97. The smallest absolute Gasteiger partial charge is 0.185 e. The number of nitrogens with zero attached hydrogens (tertiary/aromatic N) is 2. The molecule has 3 rings (SSSR count). The summed E-state index contributed by atoms with van der Waals surface area (Å²) in [6.07, 6.45) is 6.25. The van der Waals surface area contributed by atoms with Crippen LogP contribution in [0.25, 0.3) is 0 Å². The average Bonchev–Trinajstić information content (AvgIpc) is 3.02. The first-order valence-corrected chi connectivity index (χ1v) is 6.99. The van der Waals surface area contributed by atoms with Crippen molar-refractivity contribution in [2.24, 2.45) is 5.92 Å². The summed E-state index contributed by atoms with van der Waals surface area (Å²) in [4.78, 5) is 8.47. The van der Waals surface area contributed by atoms with Gasteiger partial charge in [-0.05, 0) is 39.2 Å². The third kappa shape index (κ3) is 1.64. The first kappa shape index (κ1) is 10.5. The SMILES string of the molecule is CNC(C)c1cnc(N2CC3CCC2C3)s1. The van der Waals surface area contributed by atoms with E-state index in [1.54, 1.807) is 0 Å². The summed E-state index contributed by atoms with van der Waals surface area (Å²) >= 11 is 1.85. The van der Waals surface area contributed by atoms with Crippen LogP contribution in [0.4, 0.5) is 5.13 Å². The highest BCUT2D eigenvalue weighted by Gasteiger charge is 2.38. The Morgan fingerprint density at radius 2 is 2.44 bits per heavy atom. The maximum absolute atomic E-state index is 4.59. The van der Waals surface area contributed by atoms with Gasteiger partial charge in [-0.3, -0.25) is 0 Å². The van der Waals surface area contributed by atoms with Crippen molar-refractivity contribution in [1.82, 2.24) is 10.3 Å². The Balaban J connectivity index is 1.77. The lowest BCUT2D eigenvalue weighted by Gasteiger charge is -2.26. The van der Waals surface area contributed by atoms with Crippen molar-refractivity contribution in [2.45, 2.75) is 38.3 Å². The number of aromatic nitrogens is 1. The van der Waals surface area contributed by atoms with Crippen LogP contribution >= 0.6 is 11.3 Å². The lowest BCUT2D eigenvalue weighted by molar-refractivity contribution is 0.553. The minimum Gasteiger partial charge on any atom is -0.345 e. The quantitative estimate of drug-likeness (QED) is 0.875. The van der Waals surface area contributed by atoms with E-state index in [0.717, 1.165) is 12.0 Å². The molecule has 2 fully saturated rings. The van der Waals surface area contributed by atoms with Gasteiger partial charge in [0.1, 0.15) is 0 Å². The van der Waals surface area contributed by atoms with E-state index in [0.29, 0.717) is 6.04 Å². The number of piperidine rings is 1. The van der Waals surface area contributed by atoms with Gasteiger partial charge in [0.2, 0.25) is 0 Å². The predicted octanol–water partition coefficient (Wildman–Crippen LogP) is 2.41. The van der Waals surface area contributed by atoms with Gasteiger partial charge in [-0.1, -0.05) is 0 Å². The maximum Gasteiger partial charge on any atom is 0.185 e. The Hall–Kier alpha value is -0.610. The standard InChI is InChI=1S/C12H19N3S/c1-8(13-2)11-6-14-12(16-11)15-7-9-3-4-10(15)5-9/h6,8-10,13H,3-5,7H2,1-2H3. The number of fused-ring (bicyclic) bond motifs is 2. The predicted molar refractivity (Wildman–Crippen MR) is 68.1 cm³/mol. The maximum atomic E-state index is 4.59. The van der Waals surface area contributed by atoms with Gasteiger partial charge in [-0.15, -0.1) is 11.3 Å². The molecule has 0 amide bonds. The molecule has 1 aliphatic carbocycles. The van der Waals surface area contributed by atoms with Gasteiger partial charge in [0, 0.05) is 29.7 Å². The lowest BCUT2D eigenvalue weighted by atomic mass is 10.1. The molecular formula is C12H19N3S. The molecular weight excluding hydrogens is 218 g/mol. The van der Waals surface area contributed by atoms with E-state index in [2.05, 4.69) is 22.1 Å². The zero-order chi connectivity index (χ0) is 11.1. The highest BCUT2D eigenvalue weighted by Crippen LogP contribution is 2.41. The number of thiazole rings is 1. The molecule has 1 saturated carbocycles. The molecule has 1 aromatic rings. The second kappa shape index (κ2) is 4.00. The molecule has 2 bridgehead atoms. The molecule has 3 nitrogen and oxygen atoms in total. The largest absolute Gasteiger partial charge is 0.345 e. The number of rotatable bonds is 3. The van der Waals surface area contributed by atoms with E-state index < -0.39 is 0 Å². The number of hydrogen-bond acceptors (Lipinski definition) is 4. The van der Waals surface area contributed by atoms with Crippen LogP contribution in [-0.4, -0.2) is 24.6 Å². The number of hydrogen-bond donors (Lipinski definition) is 1. The Morgan fingerprint density at radius 3 is 3.06 bits per heavy atom. The van der Waals surface area contributed by atoms with Crippen molar-refractivity contribution in [3.05, 3.63) is 11.1 Å². The summed E-state index contributed by atoms with van der Waals surface area (Å²) in [6.45, 7) is 3.43. The van der Waals surface area contributed by atoms with Crippen molar-refractivity contribution in [1.29, 1.82) is 0 Å². The normalized spacial score (nSPS) is 30.0. The van der Waals surface area contributed by atoms with Gasteiger partial charge in [0.15, 0.2) is 5.13 Å². The monoisotopic (exact) mass is 237 g/mol. The van der Waals surface area contributed by atoms with Crippen molar-refractivity contribution < 1.29 is 0 Å². The summed E-state index contributed by atoms with van der Waals surface area (Å²) in [5.74, 6) is 0.944. The van der Waals surface area contributed by atoms with Crippen molar-refractivity contribution in [3.63, 3.8) is 0 Å². The molecule has 16 heavy (non-hydrogen) atoms. The molecule has 3 atom stereocenters. The second-order valence-corrected chi connectivity index (χ2v) is 6.08. The highest BCUT2D eigenvalue weighted by molar-refractivity contribution is 7.15. The summed E-state index contributed by atoms with van der Waals surface area (Å²) in [7, 11) is 2.00. The zero-order valence-electron chi connectivity index (χ0n) is 9.94. The molecule has 0 radical (unpaired) electrons. The van der Waals surface area contributed by atoms with E-state index >= 15 is 0 Å². The van der Waals surface area contributed by atoms with Gasteiger partial charge < -0.3 is 10.2 Å². The van der Waals surface area contributed by atoms with Crippen molar-refractivity contribution in [3.8, 4) is 0 Å². The number of anilines is 1. The lowest BCUT2D eigenvalue weighted by Crippen LogP contribution is -2.31. The molecule has 4 heteroatoms. The third-order valence-electron chi connectivity index (χ3n) is 4.03. The second-order valence-electron chi connectivity index (χ2n) is 5.04. The van der Waals surface area contributed by atoms with Crippen LogP contribution in [0, 0.1) is 5.92 Å². The molecule has 0 spiro atoms. The molecule has 1 aliphatic heterocycles. The average molecular weight is 237 g/mol. The summed E-state index contributed by atoms with van der Waals surface area (Å²) in [6, 6.07) is 1.21. The van der Waals surface area contributed by atoms with E-state index in [1.165, 1.54) is 35.8 Å². The van der Waals surface area contributed by atoms with Crippen LogP contribution in [0.15, 0.2) is 6.20 Å². The highest BCUT2D eigenvalue weighted by atomic mass is 32.1. The van der Waals surface area contributed by atoms with Gasteiger partial charge in [-0.25, -0.2) is 4.98 Å². The van der Waals surface area contributed by atoms with Crippen LogP contribution in [0.3, 0.4) is 0 Å². The molecule has 1 N–H and O–H groups in total. The molecule has 2 heterocycles. The van der Waals surface area contributed by atoms with E-state index in [4.69, 9.17) is 0 Å². The fraction of sp³-hybridized carbons (Fsp3) is 0.750. The third-order valence-corrected chi connectivity index (χ3v) is 5.24.